The quantitative estimate of drug-likeness (QED) is 0.719. The minimum atomic E-state index is 0.498. The Bertz CT molecular complexity index is 688. The smallest absolute Gasteiger partial charge is 0.203 e. The number of hydrogen-bond donors (Lipinski definition) is 2. The molecule has 92 valence electrons. The first-order valence-corrected chi connectivity index (χ1v) is 7.18. The van der Waals surface area contributed by atoms with Crippen molar-refractivity contribution < 1.29 is 0 Å². The van der Waals surface area contributed by atoms with E-state index in [1.54, 1.807) is 11.8 Å². The summed E-state index contributed by atoms with van der Waals surface area (Å²) in [6, 6.07) is 6.18. The molecule has 3 N–H and O–H groups in total. The fourth-order valence-corrected chi connectivity index (χ4v) is 3.16. The minimum Gasteiger partial charge on any atom is -0.374 e. The molecule has 0 amide bonds. The summed E-state index contributed by atoms with van der Waals surface area (Å²) in [5, 5.41) is 8.24. The van der Waals surface area contributed by atoms with Crippen molar-refractivity contribution in [3.8, 4) is 0 Å². The maximum atomic E-state index is 5.53. The average molecular weight is 277 g/mol. The molecule has 2 heterocycles. The average Bonchev–Trinajstić information content (AvgIpc) is 2.92. The van der Waals surface area contributed by atoms with Gasteiger partial charge in [0.25, 0.3) is 0 Å². The molecule has 1 aromatic carbocycles. The van der Waals surface area contributed by atoms with Gasteiger partial charge < -0.3 is 10.7 Å². The van der Waals surface area contributed by atoms with E-state index >= 15 is 0 Å². The summed E-state index contributed by atoms with van der Waals surface area (Å²) >= 11 is 2.98. The minimum absolute atomic E-state index is 0.498. The summed E-state index contributed by atoms with van der Waals surface area (Å²) in [7, 11) is 0. The Balaban J connectivity index is 1.78. The molecule has 0 radical (unpaired) electrons. The third-order valence-electron chi connectivity index (χ3n) is 2.44. The summed E-state index contributed by atoms with van der Waals surface area (Å²) in [6.07, 6.45) is 0. The molecule has 0 bridgehead atoms. The van der Waals surface area contributed by atoms with Gasteiger partial charge in [0, 0.05) is 0 Å². The van der Waals surface area contributed by atoms with E-state index in [-0.39, 0.29) is 0 Å². The number of nitrogens with zero attached hydrogens (tertiary/aromatic N) is 3. The lowest BCUT2D eigenvalue weighted by atomic mass is 10.2. The van der Waals surface area contributed by atoms with Gasteiger partial charge in [0.05, 0.1) is 16.8 Å². The first kappa shape index (κ1) is 11.5. The van der Waals surface area contributed by atoms with Crippen molar-refractivity contribution in [1.82, 2.24) is 20.2 Å². The van der Waals surface area contributed by atoms with Crippen LogP contribution in [-0.2, 0) is 5.75 Å². The van der Waals surface area contributed by atoms with E-state index in [0.29, 0.717) is 5.13 Å². The Morgan fingerprint density at radius 3 is 3.06 bits per heavy atom. The normalized spacial score (nSPS) is 11.2. The molecule has 5 nitrogen and oxygen atoms in total. The van der Waals surface area contributed by atoms with Gasteiger partial charge in [-0.2, -0.15) is 0 Å². The molecule has 0 saturated carbocycles. The van der Waals surface area contributed by atoms with Crippen LogP contribution in [0.5, 0.6) is 0 Å². The van der Waals surface area contributed by atoms with Crippen molar-refractivity contribution in [3.05, 3.63) is 29.6 Å². The van der Waals surface area contributed by atoms with E-state index in [9.17, 15) is 0 Å². The van der Waals surface area contributed by atoms with Gasteiger partial charge in [-0.1, -0.05) is 29.2 Å². The summed E-state index contributed by atoms with van der Waals surface area (Å²) in [6.45, 7) is 2.07. The monoisotopic (exact) mass is 277 g/mol. The standard InChI is InChI=1S/C11H11N5S2/c1-6-2-3-7-8(4-6)14-9(13-7)5-17-11-16-15-10(12)18-11/h2-4H,5H2,1H3,(H2,12,15)(H,13,14). The summed E-state index contributed by atoms with van der Waals surface area (Å²) in [4.78, 5) is 7.83. The lowest BCUT2D eigenvalue weighted by Crippen LogP contribution is -1.82. The van der Waals surface area contributed by atoms with Crippen molar-refractivity contribution in [2.45, 2.75) is 17.0 Å². The maximum Gasteiger partial charge on any atom is 0.203 e. The van der Waals surface area contributed by atoms with E-state index in [2.05, 4.69) is 39.2 Å². The van der Waals surface area contributed by atoms with E-state index in [0.717, 1.165) is 27.0 Å². The number of nitrogens with two attached hydrogens (primary N) is 1. The molecule has 0 aliphatic carbocycles. The third-order valence-corrected chi connectivity index (χ3v) is 4.34. The second-order valence-electron chi connectivity index (χ2n) is 3.90. The van der Waals surface area contributed by atoms with Crippen molar-refractivity contribution in [3.63, 3.8) is 0 Å². The highest BCUT2D eigenvalue weighted by molar-refractivity contribution is 8.00. The molecule has 18 heavy (non-hydrogen) atoms. The Kier molecular flexibility index (Phi) is 2.92. The van der Waals surface area contributed by atoms with Crippen LogP contribution in [0, 0.1) is 6.92 Å². The first-order valence-electron chi connectivity index (χ1n) is 5.38. The lowest BCUT2D eigenvalue weighted by Gasteiger charge is -1.91. The number of aromatic nitrogens is 4. The molecule has 2 aromatic heterocycles. The van der Waals surface area contributed by atoms with Gasteiger partial charge in [0.15, 0.2) is 4.34 Å². The molecule has 0 fully saturated rings. The fourth-order valence-electron chi connectivity index (χ4n) is 1.65. The largest absolute Gasteiger partial charge is 0.374 e. The number of thioether (sulfide) groups is 1. The van der Waals surface area contributed by atoms with Gasteiger partial charge in [-0.25, -0.2) is 4.98 Å². The van der Waals surface area contributed by atoms with Crippen LogP contribution in [0.2, 0.25) is 0 Å². The predicted molar refractivity (Wildman–Crippen MR) is 74.7 cm³/mol. The number of nitrogen functional groups attached to an aromatic ring is 1. The van der Waals surface area contributed by atoms with Crippen molar-refractivity contribution in [2.75, 3.05) is 5.73 Å². The van der Waals surface area contributed by atoms with E-state index in [1.165, 1.54) is 16.9 Å². The molecule has 0 saturated heterocycles. The van der Waals surface area contributed by atoms with Crippen LogP contribution in [0.3, 0.4) is 0 Å². The number of aromatic amines is 1. The number of H-pyrrole nitrogens is 1. The fraction of sp³-hybridized carbons (Fsp3) is 0.182. The van der Waals surface area contributed by atoms with E-state index in [1.807, 2.05) is 6.07 Å². The molecule has 0 spiro atoms. The van der Waals surface area contributed by atoms with Crippen LogP contribution in [-0.4, -0.2) is 20.2 Å². The maximum absolute atomic E-state index is 5.53. The van der Waals surface area contributed by atoms with Gasteiger partial charge in [-0.05, 0) is 24.6 Å². The van der Waals surface area contributed by atoms with Crippen LogP contribution in [0.4, 0.5) is 5.13 Å². The first-order chi connectivity index (χ1) is 8.70. The van der Waals surface area contributed by atoms with Crippen molar-refractivity contribution >= 4 is 39.3 Å². The highest BCUT2D eigenvalue weighted by atomic mass is 32.2. The van der Waals surface area contributed by atoms with Gasteiger partial charge in [0.1, 0.15) is 5.82 Å². The summed E-state index contributed by atoms with van der Waals surface area (Å²) in [5.74, 6) is 1.68. The Labute approximate surface area is 112 Å². The number of fused-ring (bicyclic) bond motifs is 1. The zero-order chi connectivity index (χ0) is 12.5. The van der Waals surface area contributed by atoms with Gasteiger partial charge >= 0.3 is 0 Å². The Morgan fingerprint density at radius 2 is 2.28 bits per heavy atom. The third kappa shape index (κ3) is 2.32. The highest BCUT2D eigenvalue weighted by Gasteiger charge is 2.06. The van der Waals surface area contributed by atoms with Crippen molar-refractivity contribution in [1.29, 1.82) is 0 Å². The Hall–Kier alpha value is -1.60. The number of anilines is 1. The zero-order valence-electron chi connectivity index (χ0n) is 9.67. The van der Waals surface area contributed by atoms with Crippen LogP contribution in [0.15, 0.2) is 22.5 Å². The number of benzene rings is 1. The van der Waals surface area contributed by atoms with Crippen LogP contribution < -0.4 is 5.73 Å². The summed E-state index contributed by atoms with van der Waals surface area (Å²) in [5.41, 5.74) is 8.82. The summed E-state index contributed by atoms with van der Waals surface area (Å²) < 4.78 is 0.865. The number of aryl methyl sites for hydroxylation is 1. The molecular weight excluding hydrogens is 266 g/mol. The van der Waals surface area contributed by atoms with Gasteiger partial charge in [-0.15, -0.1) is 10.2 Å². The number of hydrogen-bond acceptors (Lipinski definition) is 6. The molecule has 0 aliphatic rings. The molecule has 0 unspecified atom stereocenters. The number of nitrogens with one attached hydrogen (secondary N) is 1. The van der Waals surface area contributed by atoms with E-state index in [4.69, 9.17) is 5.73 Å². The second kappa shape index (κ2) is 4.58. The predicted octanol–water partition coefficient (Wildman–Crippen LogP) is 2.60. The van der Waals surface area contributed by atoms with E-state index < -0.39 is 0 Å². The van der Waals surface area contributed by atoms with Gasteiger partial charge in [0.2, 0.25) is 5.13 Å². The SMILES string of the molecule is Cc1ccc2nc(CSc3nnc(N)s3)[nH]c2c1. The molecule has 0 aliphatic heterocycles. The highest BCUT2D eigenvalue weighted by Crippen LogP contribution is 2.26. The van der Waals surface area contributed by atoms with Crippen molar-refractivity contribution in [2.24, 2.45) is 0 Å². The molecule has 3 rings (SSSR count). The van der Waals surface area contributed by atoms with Crippen LogP contribution >= 0.6 is 23.1 Å². The molecule has 0 atom stereocenters. The number of imidazole rings is 1. The molecule has 7 heteroatoms. The topological polar surface area (TPSA) is 80.5 Å². The second-order valence-corrected chi connectivity index (χ2v) is 6.13. The zero-order valence-corrected chi connectivity index (χ0v) is 11.3. The molecule has 3 aromatic rings. The van der Waals surface area contributed by atoms with Crippen LogP contribution in [0.25, 0.3) is 11.0 Å². The lowest BCUT2D eigenvalue weighted by molar-refractivity contribution is 1.01. The van der Waals surface area contributed by atoms with Gasteiger partial charge in [-0.3, -0.25) is 0 Å². The van der Waals surface area contributed by atoms with Crippen LogP contribution in [0.1, 0.15) is 11.4 Å². The Morgan fingerprint density at radius 1 is 1.39 bits per heavy atom. The molecular formula is C11H11N5S2. The number of rotatable bonds is 3.